The standard InChI is InChI=1S/C15H20BrClFNS/c1-2-19-13(9-10-5-7-20-8-6-10)11-3-4-12(16)14(17)15(11)18/h3-4,10,13,19H,2,5-9H2,1H3. The summed E-state index contributed by atoms with van der Waals surface area (Å²) < 4.78 is 15.0. The van der Waals surface area contributed by atoms with Crippen LogP contribution in [0.1, 0.15) is 37.8 Å². The van der Waals surface area contributed by atoms with E-state index in [2.05, 4.69) is 28.2 Å². The molecule has 1 nitrogen and oxygen atoms in total. The van der Waals surface area contributed by atoms with E-state index in [-0.39, 0.29) is 16.9 Å². The molecule has 0 spiro atoms. The smallest absolute Gasteiger partial charge is 0.147 e. The third-order valence-electron chi connectivity index (χ3n) is 3.80. The Bertz CT molecular complexity index is 452. The van der Waals surface area contributed by atoms with E-state index in [4.69, 9.17) is 11.6 Å². The number of hydrogen-bond donors (Lipinski definition) is 1. The fourth-order valence-corrected chi connectivity index (χ4v) is 4.37. The molecule has 0 saturated carbocycles. The quantitative estimate of drug-likeness (QED) is 0.684. The van der Waals surface area contributed by atoms with Crippen molar-refractivity contribution in [2.45, 2.75) is 32.2 Å². The number of nitrogens with one attached hydrogen (secondary N) is 1. The van der Waals surface area contributed by atoms with Crippen molar-refractivity contribution in [2.24, 2.45) is 5.92 Å². The molecule has 0 radical (unpaired) electrons. The normalized spacial score (nSPS) is 18.2. The van der Waals surface area contributed by atoms with Crippen LogP contribution in [0.3, 0.4) is 0 Å². The molecule has 0 aliphatic carbocycles. The van der Waals surface area contributed by atoms with Gasteiger partial charge >= 0.3 is 0 Å². The average Bonchev–Trinajstić information content (AvgIpc) is 2.46. The Morgan fingerprint density at radius 1 is 1.45 bits per heavy atom. The maximum absolute atomic E-state index is 14.4. The van der Waals surface area contributed by atoms with Crippen molar-refractivity contribution in [1.29, 1.82) is 0 Å². The van der Waals surface area contributed by atoms with Crippen molar-refractivity contribution < 1.29 is 4.39 Å². The first-order chi connectivity index (χ1) is 9.63. The van der Waals surface area contributed by atoms with E-state index in [1.165, 1.54) is 24.3 Å². The molecule has 1 N–H and O–H groups in total. The van der Waals surface area contributed by atoms with E-state index in [0.717, 1.165) is 13.0 Å². The predicted molar refractivity (Wildman–Crippen MR) is 90.2 cm³/mol. The second-order valence-electron chi connectivity index (χ2n) is 5.17. The second-order valence-corrected chi connectivity index (χ2v) is 7.62. The van der Waals surface area contributed by atoms with E-state index >= 15 is 0 Å². The van der Waals surface area contributed by atoms with Crippen LogP contribution in [0.15, 0.2) is 16.6 Å². The van der Waals surface area contributed by atoms with Gasteiger partial charge in [-0.15, -0.1) is 0 Å². The topological polar surface area (TPSA) is 12.0 Å². The Labute approximate surface area is 138 Å². The van der Waals surface area contributed by atoms with Gasteiger partial charge in [-0.25, -0.2) is 4.39 Å². The van der Waals surface area contributed by atoms with Gasteiger partial charge in [0, 0.05) is 16.1 Å². The van der Waals surface area contributed by atoms with Crippen LogP contribution in [0, 0.1) is 11.7 Å². The highest BCUT2D eigenvalue weighted by molar-refractivity contribution is 9.10. The summed E-state index contributed by atoms with van der Waals surface area (Å²) in [5, 5.41) is 3.60. The van der Waals surface area contributed by atoms with Gasteiger partial charge in [-0.1, -0.05) is 24.6 Å². The van der Waals surface area contributed by atoms with Crippen molar-refractivity contribution in [3.8, 4) is 0 Å². The average molecular weight is 381 g/mol. The third-order valence-corrected chi connectivity index (χ3v) is 6.11. The summed E-state index contributed by atoms with van der Waals surface area (Å²) in [6.45, 7) is 2.89. The predicted octanol–water partition coefficient (Wildman–Crippen LogP) is 5.43. The fourth-order valence-electron chi connectivity index (χ4n) is 2.69. The first-order valence-corrected chi connectivity index (χ1v) is 9.40. The summed E-state index contributed by atoms with van der Waals surface area (Å²) in [5.74, 6) is 2.85. The minimum absolute atomic E-state index is 0.0544. The first kappa shape index (κ1) is 16.6. The molecule has 1 heterocycles. The second kappa shape index (κ2) is 8.02. The van der Waals surface area contributed by atoms with Gasteiger partial charge in [0.15, 0.2) is 0 Å². The van der Waals surface area contributed by atoms with Gasteiger partial charge in [-0.2, -0.15) is 11.8 Å². The van der Waals surface area contributed by atoms with E-state index in [9.17, 15) is 4.39 Å². The van der Waals surface area contributed by atoms with E-state index < -0.39 is 0 Å². The molecule has 1 saturated heterocycles. The van der Waals surface area contributed by atoms with Crippen LogP contribution in [-0.4, -0.2) is 18.1 Å². The zero-order chi connectivity index (χ0) is 14.5. The lowest BCUT2D eigenvalue weighted by Gasteiger charge is -2.27. The lowest BCUT2D eigenvalue weighted by molar-refractivity contribution is 0.367. The van der Waals surface area contributed by atoms with Crippen LogP contribution in [0.2, 0.25) is 5.02 Å². The van der Waals surface area contributed by atoms with Crippen molar-refractivity contribution in [3.63, 3.8) is 0 Å². The molecular weight excluding hydrogens is 361 g/mol. The lowest BCUT2D eigenvalue weighted by atomic mass is 9.90. The van der Waals surface area contributed by atoms with Gasteiger partial charge in [0.25, 0.3) is 0 Å². The van der Waals surface area contributed by atoms with Crippen LogP contribution in [-0.2, 0) is 0 Å². The summed E-state index contributed by atoms with van der Waals surface area (Å²) in [4.78, 5) is 0. The van der Waals surface area contributed by atoms with Gasteiger partial charge in [0.2, 0.25) is 0 Å². The molecule has 1 aromatic rings. The van der Waals surface area contributed by atoms with Crippen molar-refractivity contribution in [1.82, 2.24) is 5.32 Å². The van der Waals surface area contributed by atoms with E-state index in [0.29, 0.717) is 16.0 Å². The van der Waals surface area contributed by atoms with Gasteiger partial charge in [0.05, 0.1) is 5.02 Å². The summed E-state index contributed by atoms with van der Waals surface area (Å²) in [7, 11) is 0. The number of rotatable bonds is 5. The molecule has 0 aromatic heterocycles. The Morgan fingerprint density at radius 3 is 2.80 bits per heavy atom. The van der Waals surface area contributed by atoms with Gasteiger partial charge in [0.1, 0.15) is 5.82 Å². The summed E-state index contributed by atoms with van der Waals surface area (Å²) in [6, 6.07) is 3.73. The number of halogens is 3. The monoisotopic (exact) mass is 379 g/mol. The molecule has 1 aromatic carbocycles. The molecule has 2 rings (SSSR count). The SMILES string of the molecule is CCNC(CC1CCSCC1)c1ccc(Br)c(Cl)c1F. The van der Waals surface area contributed by atoms with E-state index in [1.54, 1.807) is 0 Å². The van der Waals surface area contributed by atoms with Gasteiger partial charge in [-0.05, 0) is 65.2 Å². The Hall–Kier alpha value is 0.230. The highest BCUT2D eigenvalue weighted by atomic mass is 79.9. The molecule has 0 bridgehead atoms. The third kappa shape index (κ3) is 4.12. The zero-order valence-electron chi connectivity index (χ0n) is 11.6. The molecule has 1 fully saturated rings. The maximum atomic E-state index is 14.4. The molecule has 20 heavy (non-hydrogen) atoms. The summed E-state index contributed by atoms with van der Waals surface area (Å²) in [5.41, 5.74) is 0.693. The number of benzene rings is 1. The molecule has 1 atom stereocenters. The summed E-state index contributed by atoms with van der Waals surface area (Å²) >= 11 is 11.3. The molecule has 0 amide bonds. The molecule has 1 aliphatic rings. The highest BCUT2D eigenvalue weighted by Gasteiger charge is 2.23. The largest absolute Gasteiger partial charge is 0.310 e. The number of hydrogen-bond acceptors (Lipinski definition) is 2. The number of thioether (sulfide) groups is 1. The molecular formula is C15H20BrClFNS. The van der Waals surface area contributed by atoms with Crippen LogP contribution in [0.25, 0.3) is 0 Å². The first-order valence-electron chi connectivity index (χ1n) is 7.08. The zero-order valence-corrected chi connectivity index (χ0v) is 14.8. The van der Waals surface area contributed by atoms with Gasteiger partial charge in [-0.3, -0.25) is 0 Å². The van der Waals surface area contributed by atoms with Crippen LogP contribution >= 0.6 is 39.3 Å². The molecule has 1 aliphatic heterocycles. The van der Waals surface area contributed by atoms with Crippen molar-refractivity contribution in [2.75, 3.05) is 18.1 Å². The maximum Gasteiger partial charge on any atom is 0.147 e. The van der Waals surface area contributed by atoms with Crippen LogP contribution in [0.5, 0.6) is 0 Å². The highest BCUT2D eigenvalue weighted by Crippen LogP contribution is 2.35. The van der Waals surface area contributed by atoms with Crippen LogP contribution < -0.4 is 5.32 Å². The van der Waals surface area contributed by atoms with E-state index in [1.807, 2.05) is 23.9 Å². The summed E-state index contributed by atoms with van der Waals surface area (Å²) in [6.07, 6.45) is 3.46. The van der Waals surface area contributed by atoms with Crippen molar-refractivity contribution >= 4 is 39.3 Å². The minimum Gasteiger partial charge on any atom is -0.310 e. The Balaban J connectivity index is 2.17. The Morgan fingerprint density at radius 2 is 2.15 bits per heavy atom. The molecule has 5 heteroatoms. The Kier molecular flexibility index (Phi) is 6.66. The minimum atomic E-state index is -0.294. The molecule has 1 unspecified atom stereocenters. The van der Waals surface area contributed by atoms with Crippen molar-refractivity contribution in [3.05, 3.63) is 33.0 Å². The fraction of sp³-hybridized carbons (Fsp3) is 0.600. The van der Waals surface area contributed by atoms with Gasteiger partial charge < -0.3 is 5.32 Å². The lowest BCUT2D eigenvalue weighted by Crippen LogP contribution is -2.26. The molecule has 112 valence electrons. The van der Waals surface area contributed by atoms with Crippen LogP contribution in [0.4, 0.5) is 4.39 Å².